The fourth-order valence-corrected chi connectivity index (χ4v) is 3.04. The van der Waals surface area contributed by atoms with E-state index in [1.165, 1.54) is 0 Å². The summed E-state index contributed by atoms with van der Waals surface area (Å²) in [6.07, 6.45) is 3.12. The molecule has 1 aliphatic heterocycles. The van der Waals surface area contributed by atoms with Gasteiger partial charge in [-0.15, -0.1) is 0 Å². The molecule has 1 saturated heterocycles. The number of hydrogen-bond acceptors (Lipinski definition) is 4. The lowest BCUT2D eigenvalue weighted by molar-refractivity contribution is 0.0997. The van der Waals surface area contributed by atoms with E-state index in [-0.39, 0.29) is 17.9 Å². The second kappa shape index (κ2) is 6.67. The topological polar surface area (TPSA) is 55.5 Å². The molecule has 0 aliphatic carbocycles. The number of aliphatic hydroxyl groups is 1. The molecule has 0 aromatic rings. The molecule has 2 unspecified atom stereocenters. The first-order valence-electron chi connectivity index (χ1n) is 5.37. The van der Waals surface area contributed by atoms with E-state index in [9.17, 15) is 5.11 Å². The van der Waals surface area contributed by atoms with Crippen LogP contribution >= 0.6 is 11.8 Å². The zero-order chi connectivity index (χ0) is 10.4. The predicted molar refractivity (Wildman–Crippen MR) is 60.6 cm³/mol. The maximum absolute atomic E-state index is 9.23. The quantitative estimate of drug-likeness (QED) is 0.724. The van der Waals surface area contributed by atoms with Gasteiger partial charge in [-0.1, -0.05) is 6.92 Å². The Morgan fingerprint density at radius 2 is 2.14 bits per heavy atom. The Bertz CT molecular complexity index is 151. The van der Waals surface area contributed by atoms with Crippen molar-refractivity contribution in [1.82, 2.24) is 0 Å². The Morgan fingerprint density at radius 3 is 2.64 bits per heavy atom. The van der Waals surface area contributed by atoms with Crippen molar-refractivity contribution in [3.8, 4) is 0 Å². The van der Waals surface area contributed by atoms with Crippen molar-refractivity contribution in [2.75, 3.05) is 19.8 Å². The molecule has 4 heteroatoms. The molecular formula is C10H21NO2S. The second-order valence-electron chi connectivity index (χ2n) is 3.74. The van der Waals surface area contributed by atoms with Gasteiger partial charge in [-0.2, -0.15) is 11.8 Å². The van der Waals surface area contributed by atoms with E-state index in [0.29, 0.717) is 5.25 Å². The summed E-state index contributed by atoms with van der Waals surface area (Å²) in [7, 11) is 0. The van der Waals surface area contributed by atoms with Gasteiger partial charge in [0.25, 0.3) is 0 Å². The Balaban J connectivity index is 2.30. The van der Waals surface area contributed by atoms with Crippen LogP contribution in [0.25, 0.3) is 0 Å². The average Bonchev–Trinajstić information content (AvgIpc) is 2.26. The number of ether oxygens (including phenoxy) is 1. The van der Waals surface area contributed by atoms with Gasteiger partial charge < -0.3 is 15.6 Å². The summed E-state index contributed by atoms with van der Waals surface area (Å²) in [6, 6.07) is 0.118. The molecule has 1 heterocycles. The van der Waals surface area contributed by atoms with Crippen molar-refractivity contribution in [1.29, 1.82) is 0 Å². The van der Waals surface area contributed by atoms with Crippen LogP contribution in [-0.2, 0) is 4.74 Å². The Hall–Kier alpha value is 0.230. The highest BCUT2D eigenvalue weighted by atomic mass is 32.2. The van der Waals surface area contributed by atoms with Crippen molar-refractivity contribution in [3.63, 3.8) is 0 Å². The lowest BCUT2D eigenvalue weighted by Crippen LogP contribution is -2.36. The molecule has 14 heavy (non-hydrogen) atoms. The molecule has 1 aliphatic rings. The first-order chi connectivity index (χ1) is 6.77. The van der Waals surface area contributed by atoms with E-state index in [1.807, 2.05) is 11.8 Å². The Kier molecular flexibility index (Phi) is 5.86. The van der Waals surface area contributed by atoms with E-state index in [4.69, 9.17) is 10.5 Å². The van der Waals surface area contributed by atoms with Crippen LogP contribution < -0.4 is 5.73 Å². The fourth-order valence-electron chi connectivity index (χ4n) is 1.60. The normalized spacial score (nSPS) is 23.4. The number of nitrogens with two attached hydrogens (primary N) is 1. The van der Waals surface area contributed by atoms with Gasteiger partial charge in [-0.3, -0.25) is 0 Å². The van der Waals surface area contributed by atoms with Crippen LogP contribution in [0.4, 0.5) is 0 Å². The van der Waals surface area contributed by atoms with Gasteiger partial charge in [0.2, 0.25) is 0 Å². The summed E-state index contributed by atoms with van der Waals surface area (Å²) in [5, 5.41) is 10.0. The molecule has 0 bridgehead atoms. The zero-order valence-corrected chi connectivity index (χ0v) is 9.63. The molecule has 84 valence electrons. The number of hydrogen-bond donors (Lipinski definition) is 2. The van der Waals surface area contributed by atoms with Gasteiger partial charge in [0.15, 0.2) is 0 Å². The molecule has 0 aromatic carbocycles. The summed E-state index contributed by atoms with van der Waals surface area (Å²) in [5.41, 5.74) is 5.93. The molecule has 3 nitrogen and oxygen atoms in total. The van der Waals surface area contributed by atoms with E-state index < -0.39 is 0 Å². The minimum Gasteiger partial charge on any atom is -0.395 e. The molecule has 3 N–H and O–H groups in total. The van der Waals surface area contributed by atoms with Gasteiger partial charge in [-0.05, 0) is 19.3 Å². The van der Waals surface area contributed by atoms with Gasteiger partial charge in [0.1, 0.15) is 0 Å². The highest BCUT2D eigenvalue weighted by molar-refractivity contribution is 8.00. The van der Waals surface area contributed by atoms with Crippen molar-refractivity contribution in [3.05, 3.63) is 0 Å². The van der Waals surface area contributed by atoms with Crippen LogP contribution in [-0.4, -0.2) is 41.5 Å². The summed E-state index contributed by atoms with van der Waals surface area (Å²) >= 11 is 1.84. The second-order valence-corrected chi connectivity index (χ2v) is 5.29. The molecule has 0 aromatic heterocycles. The minimum absolute atomic E-state index is 0.118. The van der Waals surface area contributed by atoms with Gasteiger partial charge in [0.05, 0.1) is 6.61 Å². The van der Waals surface area contributed by atoms with Crippen molar-refractivity contribution in [2.24, 2.45) is 5.73 Å². The fraction of sp³-hybridized carbons (Fsp3) is 1.00. The first kappa shape index (κ1) is 12.3. The maximum atomic E-state index is 9.23. The van der Waals surface area contributed by atoms with Gasteiger partial charge >= 0.3 is 0 Å². The summed E-state index contributed by atoms with van der Waals surface area (Å²) < 4.78 is 5.29. The number of thioether (sulfide) groups is 1. The zero-order valence-electron chi connectivity index (χ0n) is 8.82. The number of rotatable bonds is 5. The molecular weight excluding hydrogens is 198 g/mol. The molecule has 2 atom stereocenters. The minimum atomic E-state index is 0.118. The summed E-state index contributed by atoms with van der Waals surface area (Å²) in [5.74, 6) is 0. The van der Waals surface area contributed by atoms with E-state index >= 15 is 0 Å². The largest absolute Gasteiger partial charge is 0.395 e. The third kappa shape index (κ3) is 3.77. The Morgan fingerprint density at radius 1 is 1.50 bits per heavy atom. The Labute approximate surface area is 90.4 Å². The van der Waals surface area contributed by atoms with E-state index in [2.05, 4.69) is 6.92 Å². The number of aliphatic hydroxyl groups excluding tert-OH is 1. The smallest absolute Gasteiger partial charge is 0.0565 e. The molecule has 0 saturated carbocycles. The third-order valence-electron chi connectivity index (χ3n) is 2.66. The third-order valence-corrected chi connectivity index (χ3v) is 4.37. The van der Waals surface area contributed by atoms with Crippen LogP contribution in [0.3, 0.4) is 0 Å². The monoisotopic (exact) mass is 219 g/mol. The van der Waals surface area contributed by atoms with Crippen molar-refractivity contribution in [2.45, 2.75) is 42.7 Å². The highest BCUT2D eigenvalue weighted by Crippen LogP contribution is 2.27. The van der Waals surface area contributed by atoms with Crippen LogP contribution in [0, 0.1) is 0 Å². The van der Waals surface area contributed by atoms with Crippen LogP contribution in [0.5, 0.6) is 0 Å². The van der Waals surface area contributed by atoms with Gasteiger partial charge in [-0.25, -0.2) is 0 Å². The molecule has 0 amide bonds. The molecule has 1 rings (SSSR count). The van der Waals surface area contributed by atoms with E-state index in [0.717, 1.165) is 32.5 Å². The maximum Gasteiger partial charge on any atom is 0.0565 e. The van der Waals surface area contributed by atoms with Gasteiger partial charge in [0, 0.05) is 29.8 Å². The summed E-state index contributed by atoms with van der Waals surface area (Å²) in [6.45, 7) is 3.98. The molecule has 0 radical (unpaired) electrons. The first-order valence-corrected chi connectivity index (χ1v) is 6.31. The lowest BCUT2D eigenvalue weighted by Gasteiger charge is -2.28. The summed E-state index contributed by atoms with van der Waals surface area (Å²) in [4.78, 5) is 0. The molecule has 0 spiro atoms. The van der Waals surface area contributed by atoms with E-state index in [1.54, 1.807) is 0 Å². The van der Waals surface area contributed by atoms with Crippen LogP contribution in [0.15, 0.2) is 0 Å². The average molecular weight is 219 g/mol. The predicted octanol–water partition coefficient (Wildman–Crippen LogP) is 0.997. The van der Waals surface area contributed by atoms with Crippen LogP contribution in [0.2, 0.25) is 0 Å². The lowest BCUT2D eigenvalue weighted by atomic mass is 10.2. The SMILES string of the molecule is CCC(N)C(CO)SC1CCOCC1. The standard InChI is InChI=1S/C10H21NO2S/c1-2-9(11)10(7-12)14-8-3-5-13-6-4-8/h8-10,12H,2-7,11H2,1H3. The molecule has 1 fully saturated rings. The van der Waals surface area contributed by atoms with Crippen molar-refractivity contribution >= 4 is 11.8 Å². The van der Waals surface area contributed by atoms with Crippen LogP contribution in [0.1, 0.15) is 26.2 Å². The van der Waals surface area contributed by atoms with Crippen molar-refractivity contribution < 1.29 is 9.84 Å². The highest BCUT2D eigenvalue weighted by Gasteiger charge is 2.22.